The van der Waals surface area contributed by atoms with Gasteiger partial charge < -0.3 is 9.47 Å². The number of esters is 1. The molecular weight excluding hydrogens is 295 g/mol. The van der Waals surface area contributed by atoms with Gasteiger partial charge in [0.1, 0.15) is 5.75 Å². The molecular formula is C11H12BrClO3. The highest BCUT2D eigenvalue weighted by Gasteiger charge is 2.17. The summed E-state index contributed by atoms with van der Waals surface area (Å²) in [5.41, 5.74) is 0.913. The van der Waals surface area contributed by atoms with Gasteiger partial charge >= 0.3 is 5.97 Å². The molecule has 0 spiro atoms. The molecule has 0 saturated heterocycles. The molecule has 0 bridgehead atoms. The summed E-state index contributed by atoms with van der Waals surface area (Å²) < 4.78 is 9.98. The number of carbonyl (C=O) groups is 1. The van der Waals surface area contributed by atoms with Crippen molar-refractivity contribution in [3.8, 4) is 5.75 Å². The number of benzene rings is 1. The Hall–Kier alpha value is -0.740. The van der Waals surface area contributed by atoms with Crippen LogP contribution < -0.4 is 4.74 Å². The lowest BCUT2D eigenvalue weighted by molar-refractivity contribution is -0.147. The molecule has 1 atom stereocenters. The Morgan fingerprint density at radius 2 is 2.25 bits per heavy atom. The highest BCUT2D eigenvalue weighted by Crippen LogP contribution is 2.30. The van der Waals surface area contributed by atoms with Crippen LogP contribution >= 0.6 is 27.5 Å². The Morgan fingerprint density at radius 3 is 2.81 bits per heavy atom. The van der Waals surface area contributed by atoms with Gasteiger partial charge in [-0.25, -0.2) is 4.79 Å². The lowest BCUT2D eigenvalue weighted by Gasteiger charge is -2.14. The molecule has 0 aromatic heterocycles. The number of ether oxygens (including phenoxy) is 2. The molecule has 0 aliphatic rings. The molecule has 3 nitrogen and oxygen atoms in total. The van der Waals surface area contributed by atoms with E-state index in [0.717, 1.165) is 5.56 Å². The number of hydrogen-bond donors (Lipinski definition) is 0. The van der Waals surface area contributed by atoms with E-state index in [1.54, 1.807) is 13.0 Å². The van der Waals surface area contributed by atoms with E-state index in [1.807, 2.05) is 12.1 Å². The van der Waals surface area contributed by atoms with Gasteiger partial charge in [0.2, 0.25) is 0 Å². The first-order valence-electron chi connectivity index (χ1n) is 4.68. The lowest BCUT2D eigenvalue weighted by Crippen LogP contribution is -2.25. The van der Waals surface area contributed by atoms with Crippen molar-refractivity contribution in [1.82, 2.24) is 0 Å². The summed E-state index contributed by atoms with van der Waals surface area (Å²) in [4.78, 5) is 11.2. The van der Waals surface area contributed by atoms with E-state index < -0.39 is 12.1 Å². The highest BCUT2D eigenvalue weighted by molar-refractivity contribution is 9.08. The predicted octanol–water partition coefficient (Wildman–Crippen LogP) is 3.18. The van der Waals surface area contributed by atoms with Crippen LogP contribution in [0.4, 0.5) is 0 Å². The van der Waals surface area contributed by atoms with Crippen molar-refractivity contribution in [3.05, 3.63) is 28.8 Å². The van der Waals surface area contributed by atoms with Crippen LogP contribution in [-0.4, -0.2) is 19.2 Å². The molecule has 5 heteroatoms. The molecule has 16 heavy (non-hydrogen) atoms. The molecule has 0 saturated carbocycles. The molecule has 0 radical (unpaired) electrons. The lowest BCUT2D eigenvalue weighted by atomic mass is 10.2. The topological polar surface area (TPSA) is 35.5 Å². The molecule has 0 N–H and O–H groups in total. The Kier molecular flexibility index (Phi) is 5.09. The number of hydrogen-bond acceptors (Lipinski definition) is 3. The van der Waals surface area contributed by atoms with Crippen LogP contribution in [0, 0.1) is 0 Å². The van der Waals surface area contributed by atoms with Crippen molar-refractivity contribution in [3.63, 3.8) is 0 Å². The summed E-state index contributed by atoms with van der Waals surface area (Å²) in [6, 6.07) is 5.42. The molecule has 88 valence electrons. The fourth-order valence-electron chi connectivity index (χ4n) is 1.15. The predicted molar refractivity (Wildman–Crippen MR) is 66.2 cm³/mol. The van der Waals surface area contributed by atoms with Gasteiger partial charge in [-0.2, -0.15) is 0 Å². The van der Waals surface area contributed by atoms with Gasteiger partial charge in [0, 0.05) is 5.33 Å². The molecule has 0 amide bonds. The third kappa shape index (κ3) is 3.12. The smallest absolute Gasteiger partial charge is 0.346 e. The first kappa shape index (κ1) is 13.3. The minimum Gasteiger partial charge on any atom is -0.477 e. The van der Waals surface area contributed by atoms with Crippen molar-refractivity contribution in [1.29, 1.82) is 0 Å². The quantitative estimate of drug-likeness (QED) is 0.633. The summed E-state index contributed by atoms with van der Waals surface area (Å²) in [5, 5.41) is 1.14. The maximum Gasteiger partial charge on any atom is 0.346 e. The molecule has 0 aliphatic carbocycles. The van der Waals surface area contributed by atoms with Gasteiger partial charge in [-0.15, -0.1) is 0 Å². The summed E-state index contributed by atoms with van der Waals surface area (Å²) >= 11 is 9.41. The first-order chi connectivity index (χ1) is 7.60. The van der Waals surface area contributed by atoms with Gasteiger partial charge in [0.05, 0.1) is 12.1 Å². The maximum absolute atomic E-state index is 11.2. The second-order valence-corrected chi connectivity index (χ2v) is 4.08. The van der Waals surface area contributed by atoms with Gasteiger partial charge in [0.15, 0.2) is 6.10 Å². The van der Waals surface area contributed by atoms with Crippen molar-refractivity contribution < 1.29 is 14.3 Å². The highest BCUT2D eigenvalue weighted by atomic mass is 79.9. The minimum atomic E-state index is -0.673. The second-order valence-electron chi connectivity index (χ2n) is 3.15. The third-order valence-corrected chi connectivity index (χ3v) is 3.06. The van der Waals surface area contributed by atoms with E-state index in [-0.39, 0.29) is 0 Å². The minimum absolute atomic E-state index is 0.430. The Bertz CT molecular complexity index is 381. The van der Waals surface area contributed by atoms with Crippen LogP contribution in [0.5, 0.6) is 5.75 Å². The SMILES string of the molecule is COC(=O)[C@H](C)Oc1cccc(CBr)c1Cl. The fourth-order valence-corrected chi connectivity index (χ4v) is 2.02. The molecule has 0 heterocycles. The van der Waals surface area contributed by atoms with Crippen molar-refractivity contribution >= 4 is 33.5 Å². The van der Waals surface area contributed by atoms with Crippen molar-refractivity contribution in [2.45, 2.75) is 18.4 Å². The van der Waals surface area contributed by atoms with Gasteiger partial charge in [0.25, 0.3) is 0 Å². The average Bonchev–Trinajstić information content (AvgIpc) is 2.30. The normalized spacial score (nSPS) is 12.0. The zero-order valence-electron chi connectivity index (χ0n) is 9.00. The van der Waals surface area contributed by atoms with Gasteiger partial charge in [-0.1, -0.05) is 39.7 Å². The summed E-state index contributed by atoms with van der Waals surface area (Å²) in [6.07, 6.45) is -0.673. The third-order valence-electron chi connectivity index (χ3n) is 2.02. The van der Waals surface area contributed by atoms with Crippen LogP contribution in [0.25, 0.3) is 0 Å². The standard InChI is InChI=1S/C11H12BrClO3/c1-7(11(14)15-2)16-9-5-3-4-8(6-12)10(9)13/h3-5,7H,6H2,1-2H3/t7-/m0/s1. The summed E-state index contributed by atoms with van der Waals surface area (Å²) in [7, 11) is 1.32. The number of alkyl halides is 1. The number of halogens is 2. The van der Waals surface area contributed by atoms with E-state index >= 15 is 0 Å². The average molecular weight is 308 g/mol. The van der Waals surface area contributed by atoms with Gasteiger partial charge in [-0.05, 0) is 18.6 Å². The van der Waals surface area contributed by atoms with E-state index in [9.17, 15) is 4.79 Å². The van der Waals surface area contributed by atoms with Crippen LogP contribution in [0.3, 0.4) is 0 Å². The molecule has 0 unspecified atom stereocenters. The fraction of sp³-hybridized carbons (Fsp3) is 0.364. The zero-order valence-corrected chi connectivity index (χ0v) is 11.3. The number of rotatable bonds is 4. The number of methoxy groups -OCH3 is 1. The largest absolute Gasteiger partial charge is 0.477 e. The van der Waals surface area contributed by atoms with E-state index in [2.05, 4.69) is 20.7 Å². The van der Waals surface area contributed by atoms with E-state index in [0.29, 0.717) is 16.1 Å². The molecule has 0 aliphatic heterocycles. The van der Waals surface area contributed by atoms with Crippen molar-refractivity contribution in [2.75, 3.05) is 7.11 Å². The summed E-state index contributed by atoms with van der Waals surface area (Å²) in [6.45, 7) is 1.61. The second kappa shape index (κ2) is 6.11. The molecule has 0 fully saturated rings. The number of carbonyl (C=O) groups excluding carboxylic acids is 1. The Morgan fingerprint density at radius 1 is 1.56 bits per heavy atom. The van der Waals surface area contributed by atoms with Crippen LogP contribution in [0.2, 0.25) is 5.02 Å². The van der Waals surface area contributed by atoms with Crippen LogP contribution in [0.15, 0.2) is 18.2 Å². The molecule has 1 rings (SSSR count). The summed E-state index contributed by atoms with van der Waals surface area (Å²) in [5.74, 6) is 0.0526. The monoisotopic (exact) mass is 306 g/mol. The molecule has 1 aromatic carbocycles. The Balaban J connectivity index is 2.85. The van der Waals surface area contributed by atoms with E-state index in [1.165, 1.54) is 7.11 Å². The molecule has 1 aromatic rings. The Labute approximate surface area is 108 Å². The van der Waals surface area contributed by atoms with E-state index in [4.69, 9.17) is 16.3 Å². The van der Waals surface area contributed by atoms with Crippen LogP contribution in [0.1, 0.15) is 12.5 Å². The maximum atomic E-state index is 11.2. The first-order valence-corrected chi connectivity index (χ1v) is 6.18. The van der Waals surface area contributed by atoms with Crippen molar-refractivity contribution in [2.24, 2.45) is 0 Å². The zero-order chi connectivity index (χ0) is 12.1. The van der Waals surface area contributed by atoms with Gasteiger partial charge in [-0.3, -0.25) is 0 Å². The van der Waals surface area contributed by atoms with Crippen LogP contribution in [-0.2, 0) is 14.9 Å².